The SMILES string of the molecule is O=C(c1cncnc1C1CC1)N1C[C@H](c2ccccc2)[C@](F)(CO)C1. The Balaban J connectivity index is 1.63. The molecule has 130 valence electrons. The van der Waals surface area contributed by atoms with Crippen LogP contribution in [0.15, 0.2) is 42.9 Å². The highest BCUT2D eigenvalue weighted by Gasteiger charge is 2.49. The number of amides is 1. The van der Waals surface area contributed by atoms with Gasteiger partial charge in [-0.1, -0.05) is 30.3 Å². The van der Waals surface area contributed by atoms with Crippen molar-refractivity contribution in [2.24, 2.45) is 0 Å². The number of likely N-dealkylation sites (tertiary alicyclic amines) is 1. The van der Waals surface area contributed by atoms with E-state index in [0.717, 1.165) is 24.1 Å². The van der Waals surface area contributed by atoms with Gasteiger partial charge in [-0.3, -0.25) is 4.79 Å². The Morgan fingerprint density at radius 3 is 2.76 bits per heavy atom. The fourth-order valence-corrected chi connectivity index (χ4v) is 3.64. The Morgan fingerprint density at radius 1 is 1.32 bits per heavy atom. The average Bonchev–Trinajstić information content (AvgIpc) is 3.44. The molecule has 5 nitrogen and oxygen atoms in total. The van der Waals surface area contributed by atoms with Gasteiger partial charge in [0.2, 0.25) is 0 Å². The second kappa shape index (κ2) is 6.19. The number of hydrogen-bond acceptors (Lipinski definition) is 4. The molecule has 0 radical (unpaired) electrons. The largest absolute Gasteiger partial charge is 0.393 e. The van der Waals surface area contributed by atoms with Gasteiger partial charge < -0.3 is 10.0 Å². The molecule has 1 amide bonds. The number of aliphatic hydroxyl groups excluding tert-OH is 1. The standard InChI is InChI=1S/C19H20FN3O2/c20-19(11-24)10-23(9-16(19)13-4-2-1-3-5-13)18(25)15-8-21-12-22-17(15)14-6-7-14/h1-5,8,12,14,16,24H,6-7,9-11H2/t16-,19-/m1/s1. The molecule has 1 aliphatic heterocycles. The predicted molar refractivity (Wildman–Crippen MR) is 90.0 cm³/mol. The molecule has 2 aromatic rings. The van der Waals surface area contributed by atoms with Gasteiger partial charge in [-0.05, 0) is 18.4 Å². The van der Waals surface area contributed by atoms with Crippen LogP contribution in [0.2, 0.25) is 0 Å². The summed E-state index contributed by atoms with van der Waals surface area (Å²) in [5.74, 6) is -0.490. The molecule has 2 heterocycles. The van der Waals surface area contributed by atoms with Crippen molar-refractivity contribution in [3.05, 3.63) is 59.7 Å². The number of aromatic nitrogens is 2. The zero-order chi connectivity index (χ0) is 17.4. The number of aliphatic hydroxyl groups is 1. The molecule has 1 aromatic heterocycles. The van der Waals surface area contributed by atoms with Gasteiger partial charge >= 0.3 is 0 Å². The number of hydrogen-bond donors (Lipinski definition) is 1. The summed E-state index contributed by atoms with van der Waals surface area (Å²) in [4.78, 5) is 22.7. The van der Waals surface area contributed by atoms with Crippen molar-refractivity contribution in [1.82, 2.24) is 14.9 Å². The van der Waals surface area contributed by atoms with Gasteiger partial charge in [0.1, 0.15) is 6.33 Å². The number of rotatable bonds is 4. The van der Waals surface area contributed by atoms with E-state index in [1.54, 1.807) is 0 Å². The fourth-order valence-electron chi connectivity index (χ4n) is 3.64. The monoisotopic (exact) mass is 341 g/mol. The van der Waals surface area contributed by atoms with E-state index in [2.05, 4.69) is 9.97 Å². The molecule has 1 saturated heterocycles. The number of halogens is 1. The summed E-state index contributed by atoms with van der Waals surface area (Å²) in [7, 11) is 0. The summed E-state index contributed by atoms with van der Waals surface area (Å²) >= 11 is 0. The van der Waals surface area contributed by atoms with Crippen molar-refractivity contribution in [2.75, 3.05) is 19.7 Å². The molecule has 2 fully saturated rings. The van der Waals surface area contributed by atoms with Crippen LogP contribution >= 0.6 is 0 Å². The maximum atomic E-state index is 15.3. The van der Waals surface area contributed by atoms with Crippen LogP contribution in [0.3, 0.4) is 0 Å². The highest BCUT2D eigenvalue weighted by molar-refractivity contribution is 5.95. The first kappa shape index (κ1) is 16.1. The van der Waals surface area contributed by atoms with Gasteiger partial charge in [-0.15, -0.1) is 0 Å². The summed E-state index contributed by atoms with van der Waals surface area (Å²) in [5, 5.41) is 9.64. The smallest absolute Gasteiger partial charge is 0.257 e. The molecule has 1 aliphatic carbocycles. The Labute approximate surface area is 145 Å². The van der Waals surface area contributed by atoms with Gasteiger partial charge in [0, 0.05) is 24.6 Å². The Hall–Kier alpha value is -2.34. The van der Waals surface area contributed by atoms with Crippen LogP contribution in [0.25, 0.3) is 0 Å². The van der Waals surface area contributed by atoms with Crippen LogP contribution in [0, 0.1) is 0 Å². The third-order valence-corrected chi connectivity index (χ3v) is 5.17. The molecular weight excluding hydrogens is 321 g/mol. The first-order valence-corrected chi connectivity index (χ1v) is 8.56. The number of benzene rings is 1. The quantitative estimate of drug-likeness (QED) is 0.927. The van der Waals surface area contributed by atoms with Gasteiger partial charge in [-0.2, -0.15) is 0 Å². The molecule has 2 atom stereocenters. The van der Waals surface area contributed by atoms with Crippen LogP contribution < -0.4 is 0 Å². The van der Waals surface area contributed by atoms with E-state index in [9.17, 15) is 9.90 Å². The number of alkyl halides is 1. The van der Waals surface area contributed by atoms with Gasteiger partial charge in [0.25, 0.3) is 5.91 Å². The lowest BCUT2D eigenvalue weighted by Gasteiger charge is -2.23. The van der Waals surface area contributed by atoms with E-state index in [1.807, 2.05) is 30.3 Å². The van der Waals surface area contributed by atoms with Crippen LogP contribution in [-0.2, 0) is 0 Å². The van der Waals surface area contributed by atoms with Crippen LogP contribution in [0.1, 0.15) is 46.3 Å². The summed E-state index contributed by atoms with van der Waals surface area (Å²) in [5.41, 5.74) is 0.170. The average molecular weight is 341 g/mol. The summed E-state index contributed by atoms with van der Waals surface area (Å²) in [6, 6.07) is 9.22. The van der Waals surface area contributed by atoms with Crippen LogP contribution in [0.5, 0.6) is 0 Å². The summed E-state index contributed by atoms with van der Waals surface area (Å²) in [6.45, 7) is -0.503. The third-order valence-electron chi connectivity index (χ3n) is 5.17. The molecule has 1 N–H and O–H groups in total. The van der Waals surface area contributed by atoms with E-state index in [-0.39, 0.29) is 19.0 Å². The lowest BCUT2D eigenvalue weighted by molar-refractivity contribution is 0.0575. The van der Waals surface area contributed by atoms with Gasteiger partial charge in [0.05, 0.1) is 24.4 Å². The molecular formula is C19H20FN3O2. The highest BCUT2D eigenvalue weighted by atomic mass is 19.1. The zero-order valence-corrected chi connectivity index (χ0v) is 13.8. The number of carbonyl (C=O) groups excluding carboxylic acids is 1. The molecule has 2 aliphatic rings. The van der Waals surface area contributed by atoms with E-state index >= 15 is 4.39 Å². The van der Waals surface area contributed by atoms with Crippen molar-refractivity contribution < 1.29 is 14.3 Å². The molecule has 1 aromatic carbocycles. The van der Waals surface area contributed by atoms with Crippen LogP contribution in [0.4, 0.5) is 4.39 Å². The van der Waals surface area contributed by atoms with Crippen molar-refractivity contribution in [1.29, 1.82) is 0 Å². The third kappa shape index (κ3) is 2.91. The normalized spacial score (nSPS) is 26.0. The first-order chi connectivity index (χ1) is 12.1. The molecule has 25 heavy (non-hydrogen) atoms. The molecule has 6 heteroatoms. The molecule has 0 spiro atoms. The Morgan fingerprint density at radius 2 is 2.08 bits per heavy atom. The lowest BCUT2D eigenvalue weighted by Crippen LogP contribution is -2.37. The van der Waals surface area contributed by atoms with Crippen molar-refractivity contribution in [2.45, 2.75) is 30.3 Å². The van der Waals surface area contributed by atoms with Crippen molar-refractivity contribution in [3.63, 3.8) is 0 Å². The minimum Gasteiger partial charge on any atom is -0.393 e. The molecule has 1 saturated carbocycles. The lowest BCUT2D eigenvalue weighted by atomic mass is 9.87. The zero-order valence-electron chi connectivity index (χ0n) is 13.8. The minimum absolute atomic E-state index is 0.124. The van der Waals surface area contributed by atoms with E-state index < -0.39 is 18.2 Å². The molecule has 0 unspecified atom stereocenters. The van der Waals surface area contributed by atoms with E-state index in [0.29, 0.717) is 11.5 Å². The van der Waals surface area contributed by atoms with Gasteiger partial charge in [-0.25, -0.2) is 14.4 Å². The van der Waals surface area contributed by atoms with E-state index in [1.165, 1.54) is 17.4 Å². The molecule has 4 rings (SSSR count). The predicted octanol–water partition coefficient (Wildman–Crippen LogP) is 2.29. The van der Waals surface area contributed by atoms with Gasteiger partial charge in [0.15, 0.2) is 5.67 Å². The fraction of sp³-hybridized carbons (Fsp3) is 0.421. The first-order valence-electron chi connectivity index (χ1n) is 8.56. The number of carbonyl (C=O) groups is 1. The topological polar surface area (TPSA) is 66.3 Å². The Kier molecular flexibility index (Phi) is 4.00. The van der Waals surface area contributed by atoms with Crippen molar-refractivity contribution in [3.8, 4) is 0 Å². The minimum atomic E-state index is -1.84. The maximum absolute atomic E-state index is 15.3. The van der Waals surface area contributed by atoms with E-state index in [4.69, 9.17) is 0 Å². The van der Waals surface area contributed by atoms with Crippen molar-refractivity contribution >= 4 is 5.91 Å². The summed E-state index contributed by atoms with van der Waals surface area (Å²) < 4.78 is 15.3. The van der Waals surface area contributed by atoms with Crippen LogP contribution in [-0.4, -0.2) is 51.2 Å². The summed E-state index contributed by atoms with van der Waals surface area (Å²) in [6.07, 6.45) is 5.02. The Bertz CT molecular complexity index is 781. The second-order valence-electron chi connectivity index (χ2n) is 6.94. The maximum Gasteiger partial charge on any atom is 0.257 e. The second-order valence-corrected chi connectivity index (χ2v) is 6.94. The highest BCUT2D eigenvalue weighted by Crippen LogP contribution is 2.42. The molecule has 0 bridgehead atoms. The number of nitrogens with zero attached hydrogens (tertiary/aromatic N) is 3.